The lowest BCUT2D eigenvalue weighted by molar-refractivity contribution is -0.153. The molecular weight excluding hydrogens is 252 g/mol. The van der Waals surface area contributed by atoms with Gasteiger partial charge in [0.25, 0.3) is 0 Å². The fourth-order valence-electron chi connectivity index (χ4n) is 0.994. The van der Waals surface area contributed by atoms with Gasteiger partial charge in [0.1, 0.15) is 0 Å². The highest BCUT2D eigenvalue weighted by Gasteiger charge is 2.26. The van der Waals surface area contributed by atoms with Crippen LogP contribution in [0.2, 0.25) is 0 Å². The third-order valence-electron chi connectivity index (χ3n) is 1.81. The summed E-state index contributed by atoms with van der Waals surface area (Å²) in [6, 6.07) is -3.67. The Morgan fingerprint density at radius 3 is 1.06 bits per heavy atom. The molecule has 0 aromatic rings. The molecule has 0 aliphatic carbocycles. The molecule has 10 heteroatoms. The fourth-order valence-corrected chi connectivity index (χ4v) is 0.994. The Labute approximate surface area is 100 Å². The largest absolute Gasteiger partial charge is 0.480 e. The molecule has 0 saturated carbocycles. The van der Waals surface area contributed by atoms with Crippen LogP contribution in [-0.2, 0) is 19.2 Å². The Bertz CT molecular complexity index is 293. The van der Waals surface area contributed by atoms with Gasteiger partial charge in [-0.25, -0.2) is 19.2 Å². The Morgan fingerprint density at radius 1 is 0.667 bits per heavy atom. The highest BCUT2D eigenvalue weighted by atomic mass is 16.4. The molecule has 0 heterocycles. The number of hydrogen-bond donors (Lipinski definition) is 6. The molecule has 0 saturated heterocycles. The van der Waals surface area contributed by atoms with Crippen LogP contribution >= 0.6 is 0 Å². The van der Waals surface area contributed by atoms with Crippen LogP contribution in [0.3, 0.4) is 0 Å². The lowest BCUT2D eigenvalue weighted by Gasteiger charge is -2.12. The minimum atomic E-state index is -1.83. The van der Waals surface area contributed by atoms with Crippen LogP contribution in [0.5, 0.6) is 0 Å². The summed E-state index contributed by atoms with van der Waals surface area (Å²) >= 11 is 0. The van der Waals surface area contributed by atoms with E-state index in [2.05, 4.69) is 10.6 Å². The number of carbonyl (C=O) groups is 4. The van der Waals surface area contributed by atoms with Crippen LogP contribution in [-0.4, -0.2) is 69.5 Å². The lowest BCUT2D eigenvalue weighted by Crippen LogP contribution is -2.49. The van der Waals surface area contributed by atoms with Crippen LogP contribution in [0.25, 0.3) is 0 Å². The maximum atomic E-state index is 10.4. The van der Waals surface area contributed by atoms with Crippen molar-refractivity contribution < 1.29 is 39.6 Å². The minimum Gasteiger partial charge on any atom is -0.480 e. The molecule has 0 unspecified atom stereocenters. The van der Waals surface area contributed by atoms with Crippen molar-refractivity contribution in [3.05, 3.63) is 0 Å². The van der Waals surface area contributed by atoms with Crippen molar-refractivity contribution in [2.45, 2.75) is 12.1 Å². The van der Waals surface area contributed by atoms with E-state index in [1.165, 1.54) is 0 Å². The van der Waals surface area contributed by atoms with Crippen molar-refractivity contribution in [1.82, 2.24) is 10.6 Å². The molecule has 0 rings (SSSR count). The molecule has 0 aromatic carbocycles. The minimum absolute atomic E-state index is 0.222. The molecule has 0 bridgehead atoms. The molecule has 102 valence electrons. The van der Waals surface area contributed by atoms with Crippen LogP contribution < -0.4 is 10.6 Å². The van der Waals surface area contributed by atoms with Crippen LogP contribution in [0.1, 0.15) is 0 Å². The fraction of sp³-hybridized carbons (Fsp3) is 0.500. The van der Waals surface area contributed by atoms with Gasteiger partial charge in [-0.05, 0) is 0 Å². The average Bonchev–Trinajstić information content (AvgIpc) is 2.20. The van der Waals surface area contributed by atoms with Crippen LogP contribution in [0.4, 0.5) is 0 Å². The predicted octanol–water partition coefficient (Wildman–Crippen LogP) is -2.76. The van der Waals surface area contributed by atoms with Crippen molar-refractivity contribution in [1.29, 1.82) is 0 Å². The third kappa shape index (κ3) is 5.23. The van der Waals surface area contributed by atoms with E-state index in [-0.39, 0.29) is 13.1 Å². The summed E-state index contributed by atoms with van der Waals surface area (Å²) < 4.78 is 0. The molecule has 0 aliphatic heterocycles. The molecule has 0 radical (unpaired) electrons. The molecule has 0 atom stereocenters. The molecule has 0 aromatic heterocycles. The first-order valence-electron chi connectivity index (χ1n) is 4.65. The van der Waals surface area contributed by atoms with Gasteiger partial charge in [0.2, 0.25) is 12.1 Å². The maximum Gasteiger partial charge on any atom is 0.332 e. The van der Waals surface area contributed by atoms with Gasteiger partial charge in [0.05, 0.1) is 0 Å². The summed E-state index contributed by atoms with van der Waals surface area (Å²) in [5.41, 5.74) is 0. The predicted molar refractivity (Wildman–Crippen MR) is 54.1 cm³/mol. The molecule has 18 heavy (non-hydrogen) atoms. The van der Waals surface area contributed by atoms with Gasteiger partial charge in [-0.2, -0.15) is 0 Å². The highest BCUT2D eigenvalue weighted by Crippen LogP contribution is 1.86. The molecule has 0 amide bonds. The summed E-state index contributed by atoms with van der Waals surface area (Å²) in [5.74, 6) is -6.41. The molecular formula is C8H12N2O8. The molecule has 0 fully saturated rings. The second-order valence-electron chi connectivity index (χ2n) is 3.13. The highest BCUT2D eigenvalue weighted by molar-refractivity contribution is 5.97. The summed E-state index contributed by atoms with van der Waals surface area (Å²) in [6.45, 7) is -0.444. The summed E-state index contributed by atoms with van der Waals surface area (Å²) in [5, 5.41) is 38.1. The summed E-state index contributed by atoms with van der Waals surface area (Å²) in [6.07, 6.45) is 0. The van der Waals surface area contributed by atoms with Gasteiger partial charge >= 0.3 is 23.9 Å². The Balaban J connectivity index is 4.12. The van der Waals surface area contributed by atoms with Gasteiger partial charge in [-0.15, -0.1) is 0 Å². The summed E-state index contributed by atoms with van der Waals surface area (Å²) in [7, 11) is 0. The van der Waals surface area contributed by atoms with Crippen molar-refractivity contribution in [2.24, 2.45) is 0 Å². The normalized spacial score (nSPS) is 10.6. The first-order valence-corrected chi connectivity index (χ1v) is 4.65. The van der Waals surface area contributed by atoms with Crippen molar-refractivity contribution in [3.8, 4) is 0 Å². The van der Waals surface area contributed by atoms with E-state index in [0.717, 1.165) is 0 Å². The Kier molecular flexibility index (Phi) is 6.31. The zero-order valence-corrected chi connectivity index (χ0v) is 8.99. The second-order valence-corrected chi connectivity index (χ2v) is 3.13. The van der Waals surface area contributed by atoms with Gasteiger partial charge < -0.3 is 20.4 Å². The second kappa shape index (κ2) is 7.19. The van der Waals surface area contributed by atoms with E-state index in [4.69, 9.17) is 20.4 Å². The molecule has 10 nitrogen and oxygen atoms in total. The monoisotopic (exact) mass is 264 g/mol. The summed E-state index contributed by atoms with van der Waals surface area (Å²) in [4.78, 5) is 41.7. The number of hydrogen-bond acceptors (Lipinski definition) is 6. The van der Waals surface area contributed by atoms with Crippen LogP contribution in [0, 0.1) is 0 Å². The number of carboxylic acids is 4. The third-order valence-corrected chi connectivity index (χ3v) is 1.81. The van der Waals surface area contributed by atoms with Crippen LogP contribution in [0.15, 0.2) is 0 Å². The van der Waals surface area contributed by atoms with E-state index < -0.39 is 36.0 Å². The number of nitrogens with one attached hydrogen (secondary N) is 2. The SMILES string of the molecule is O=C(O)C(NCCNC(C(=O)O)C(=O)O)C(=O)O. The molecule has 0 spiro atoms. The number of aliphatic carboxylic acids is 4. The van der Waals surface area contributed by atoms with E-state index in [1.807, 2.05) is 0 Å². The lowest BCUT2D eigenvalue weighted by atomic mass is 10.3. The quantitative estimate of drug-likeness (QED) is 0.189. The first-order chi connectivity index (χ1) is 8.27. The van der Waals surface area contributed by atoms with Crippen molar-refractivity contribution in [3.63, 3.8) is 0 Å². The smallest absolute Gasteiger partial charge is 0.332 e. The molecule has 0 aliphatic rings. The average molecular weight is 264 g/mol. The van der Waals surface area contributed by atoms with E-state index in [9.17, 15) is 19.2 Å². The number of rotatable bonds is 9. The Hall–Kier alpha value is -2.20. The zero-order chi connectivity index (χ0) is 14.3. The topological polar surface area (TPSA) is 173 Å². The number of carboxylic acid groups (broad SMARTS) is 4. The standard InChI is InChI=1S/C8H12N2O8/c11-5(12)3(6(13)14)9-1-2-10-4(7(15)16)8(17)18/h3-4,9-10H,1-2H2,(H,11,12)(H,13,14)(H,15,16)(H,17,18). The van der Waals surface area contributed by atoms with Crippen molar-refractivity contribution >= 4 is 23.9 Å². The van der Waals surface area contributed by atoms with Crippen molar-refractivity contribution in [2.75, 3.05) is 13.1 Å². The first kappa shape index (κ1) is 15.8. The zero-order valence-electron chi connectivity index (χ0n) is 8.99. The Morgan fingerprint density at radius 2 is 0.889 bits per heavy atom. The van der Waals surface area contributed by atoms with E-state index in [1.54, 1.807) is 0 Å². The van der Waals surface area contributed by atoms with E-state index in [0.29, 0.717) is 0 Å². The van der Waals surface area contributed by atoms with Gasteiger partial charge in [-0.3, -0.25) is 10.6 Å². The van der Waals surface area contributed by atoms with Gasteiger partial charge in [0, 0.05) is 13.1 Å². The maximum absolute atomic E-state index is 10.4. The van der Waals surface area contributed by atoms with Gasteiger partial charge in [-0.1, -0.05) is 0 Å². The van der Waals surface area contributed by atoms with E-state index >= 15 is 0 Å². The molecule has 6 N–H and O–H groups in total. The van der Waals surface area contributed by atoms with Gasteiger partial charge in [0.15, 0.2) is 0 Å².